The van der Waals surface area contributed by atoms with Crippen molar-refractivity contribution < 1.29 is 9.47 Å². The number of rotatable bonds is 4. The van der Waals surface area contributed by atoms with Crippen molar-refractivity contribution in [3.63, 3.8) is 0 Å². The van der Waals surface area contributed by atoms with Crippen molar-refractivity contribution in [1.82, 2.24) is 0 Å². The summed E-state index contributed by atoms with van der Waals surface area (Å²) in [6, 6.07) is 3.80. The van der Waals surface area contributed by atoms with E-state index in [-0.39, 0.29) is 0 Å². The van der Waals surface area contributed by atoms with E-state index < -0.39 is 0 Å². The Bertz CT molecular complexity index is 402. The Kier molecular flexibility index (Phi) is 5.16. The number of alkyl halides is 1. The molecule has 1 aromatic carbocycles. The third-order valence-corrected chi connectivity index (χ3v) is 3.22. The van der Waals surface area contributed by atoms with Gasteiger partial charge in [-0.05, 0) is 24.6 Å². The number of allylic oxidation sites excluding steroid dienone is 1. The Labute approximate surface area is 109 Å². The molecule has 0 saturated carbocycles. The summed E-state index contributed by atoms with van der Waals surface area (Å²) in [7, 11) is 3.23. The average Bonchev–Trinajstić information content (AvgIpc) is 2.30. The second-order valence-corrected chi connectivity index (χ2v) is 4.47. The fraction of sp³-hybridized carbons (Fsp3) is 0.333. The molecule has 0 aliphatic heterocycles. The van der Waals surface area contributed by atoms with Gasteiger partial charge in [0, 0.05) is 10.4 Å². The number of ether oxygens (including phenoxy) is 2. The van der Waals surface area contributed by atoms with Gasteiger partial charge in [0.2, 0.25) is 0 Å². The fourth-order valence-electron chi connectivity index (χ4n) is 1.28. The predicted octanol–water partition coefficient (Wildman–Crippen LogP) is 4.11. The summed E-state index contributed by atoms with van der Waals surface area (Å²) in [5.41, 5.74) is 2.12. The Morgan fingerprint density at radius 3 is 2.38 bits per heavy atom. The van der Waals surface area contributed by atoms with Crippen molar-refractivity contribution >= 4 is 33.6 Å². The summed E-state index contributed by atoms with van der Waals surface area (Å²) in [5, 5.41) is 0. The first-order valence-electron chi connectivity index (χ1n) is 4.77. The highest BCUT2D eigenvalue weighted by Crippen LogP contribution is 2.34. The van der Waals surface area contributed by atoms with Gasteiger partial charge in [-0.3, -0.25) is 0 Å². The predicted molar refractivity (Wildman–Crippen MR) is 71.6 cm³/mol. The van der Waals surface area contributed by atoms with Crippen molar-refractivity contribution in [3.05, 3.63) is 27.7 Å². The van der Waals surface area contributed by atoms with Gasteiger partial charge in [-0.25, -0.2) is 0 Å². The first-order chi connectivity index (χ1) is 7.62. The average molecular weight is 306 g/mol. The van der Waals surface area contributed by atoms with Crippen LogP contribution >= 0.6 is 27.5 Å². The number of hydrogen-bond donors (Lipinski definition) is 0. The van der Waals surface area contributed by atoms with Crippen molar-refractivity contribution in [1.29, 1.82) is 0 Å². The highest BCUT2D eigenvalue weighted by molar-refractivity contribution is 9.10. The van der Waals surface area contributed by atoms with Crippen LogP contribution in [-0.2, 0) is 0 Å². The lowest BCUT2D eigenvalue weighted by Gasteiger charge is -2.10. The van der Waals surface area contributed by atoms with Crippen molar-refractivity contribution in [3.8, 4) is 11.5 Å². The SMILES string of the molecule is COc1cc(Br)c(C=C(C)CCl)cc1OC. The topological polar surface area (TPSA) is 18.5 Å². The molecule has 0 N–H and O–H groups in total. The monoisotopic (exact) mass is 304 g/mol. The normalized spacial score (nSPS) is 11.4. The minimum absolute atomic E-state index is 0.515. The molecule has 4 heteroatoms. The molecule has 0 unspecified atom stereocenters. The van der Waals surface area contributed by atoms with Crippen LogP contribution in [0.3, 0.4) is 0 Å². The number of benzene rings is 1. The van der Waals surface area contributed by atoms with Crippen LogP contribution in [0.4, 0.5) is 0 Å². The highest BCUT2D eigenvalue weighted by Gasteiger charge is 2.07. The smallest absolute Gasteiger partial charge is 0.161 e. The molecule has 2 nitrogen and oxygen atoms in total. The lowest BCUT2D eigenvalue weighted by Crippen LogP contribution is -1.92. The molecule has 0 atom stereocenters. The van der Waals surface area contributed by atoms with E-state index in [4.69, 9.17) is 21.1 Å². The van der Waals surface area contributed by atoms with Crippen LogP contribution in [0.2, 0.25) is 0 Å². The van der Waals surface area contributed by atoms with E-state index in [9.17, 15) is 0 Å². The largest absolute Gasteiger partial charge is 0.493 e. The van der Waals surface area contributed by atoms with Gasteiger partial charge in [-0.15, -0.1) is 11.6 Å². The van der Waals surface area contributed by atoms with Gasteiger partial charge in [0.1, 0.15) is 0 Å². The maximum Gasteiger partial charge on any atom is 0.161 e. The lowest BCUT2D eigenvalue weighted by atomic mass is 10.1. The zero-order valence-electron chi connectivity index (χ0n) is 9.51. The summed E-state index contributed by atoms with van der Waals surface area (Å²) in [4.78, 5) is 0. The van der Waals surface area contributed by atoms with Crippen LogP contribution in [0.25, 0.3) is 6.08 Å². The van der Waals surface area contributed by atoms with Crippen LogP contribution in [-0.4, -0.2) is 20.1 Å². The maximum absolute atomic E-state index is 5.75. The molecule has 0 amide bonds. The van der Waals surface area contributed by atoms with E-state index in [2.05, 4.69) is 15.9 Å². The third-order valence-electron chi connectivity index (χ3n) is 2.12. The molecule has 0 aromatic heterocycles. The molecular weight excluding hydrogens is 291 g/mol. The zero-order chi connectivity index (χ0) is 12.1. The van der Waals surface area contributed by atoms with E-state index in [1.807, 2.05) is 25.1 Å². The molecule has 1 rings (SSSR count). The molecule has 0 bridgehead atoms. The highest BCUT2D eigenvalue weighted by atomic mass is 79.9. The molecule has 0 fully saturated rings. The van der Waals surface area contributed by atoms with Gasteiger partial charge in [-0.2, -0.15) is 0 Å². The number of halogens is 2. The first kappa shape index (κ1) is 13.4. The molecule has 1 aromatic rings. The fourth-order valence-corrected chi connectivity index (χ4v) is 1.80. The summed E-state index contributed by atoms with van der Waals surface area (Å²) >= 11 is 9.23. The molecule has 0 aliphatic carbocycles. The van der Waals surface area contributed by atoms with Gasteiger partial charge >= 0.3 is 0 Å². The summed E-state index contributed by atoms with van der Waals surface area (Å²) in [6.45, 7) is 1.98. The molecule has 0 heterocycles. The van der Waals surface area contributed by atoms with Gasteiger partial charge < -0.3 is 9.47 Å². The molecule has 16 heavy (non-hydrogen) atoms. The molecular formula is C12H14BrClO2. The summed E-state index contributed by atoms with van der Waals surface area (Å²) in [6.07, 6.45) is 2.01. The summed E-state index contributed by atoms with van der Waals surface area (Å²) in [5.74, 6) is 1.93. The van der Waals surface area contributed by atoms with E-state index in [0.717, 1.165) is 15.6 Å². The standard InChI is InChI=1S/C12H14BrClO2/c1-8(7-14)4-9-5-11(15-2)12(16-3)6-10(9)13/h4-6H,7H2,1-3H3. The van der Waals surface area contributed by atoms with Crippen molar-refractivity contribution in [2.45, 2.75) is 6.92 Å². The molecule has 0 saturated heterocycles. The Morgan fingerprint density at radius 2 is 1.88 bits per heavy atom. The molecule has 0 aliphatic rings. The molecule has 0 spiro atoms. The Hall–Kier alpha value is -0.670. The number of hydrogen-bond acceptors (Lipinski definition) is 2. The van der Waals surface area contributed by atoms with E-state index >= 15 is 0 Å². The van der Waals surface area contributed by atoms with Crippen LogP contribution in [0, 0.1) is 0 Å². The minimum Gasteiger partial charge on any atom is -0.493 e. The summed E-state index contributed by atoms with van der Waals surface area (Å²) < 4.78 is 11.4. The first-order valence-corrected chi connectivity index (χ1v) is 6.09. The maximum atomic E-state index is 5.75. The quantitative estimate of drug-likeness (QED) is 0.779. The Morgan fingerprint density at radius 1 is 1.31 bits per heavy atom. The van der Waals surface area contributed by atoms with Gasteiger partial charge in [-0.1, -0.05) is 27.6 Å². The molecule has 88 valence electrons. The van der Waals surface area contributed by atoms with Gasteiger partial charge in [0.05, 0.1) is 14.2 Å². The molecule has 0 radical (unpaired) electrons. The lowest BCUT2D eigenvalue weighted by molar-refractivity contribution is 0.354. The third kappa shape index (κ3) is 3.16. The minimum atomic E-state index is 0.515. The number of methoxy groups -OCH3 is 2. The van der Waals surface area contributed by atoms with Crippen LogP contribution < -0.4 is 9.47 Å². The van der Waals surface area contributed by atoms with E-state index in [1.165, 1.54) is 0 Å². The van der Waals surface area contributed by atoms with Crippen LogP contribution in [0.1, 0.15) is 12.5 Å². The second kappa shape index (κ2) is 6.16. The zero-order valence-corrected chi connectivity index (χ0v) is 11.9. The van der Waals surface area contributed by atoms with Gasteiger partial charge in [0.15, 0.2) is 11.5 Å². The van der Waals surface area contributed by atoms with Crippen LogP contribution in [0.15, 0.2) is 22.2 Å². The van der Waals surface area contributed by atoms with Crippen molar-refractivity contribution in [2.75, 3.05) is 20.1 Å². The van der Waals surface area contributed by atoms with Gasteiger partial charge in [0.25, 0.3) is 0 Å². The van der Waals surface area contributed by atoms with E-state index in [1.54, 1.807) is 14.2 Å². The van der Waals surface area contributed by atoms with Crippen molar-refractivity contribution in [2.24, 2.45) is 0 Å². The Balaban J connectivity index is 3.21. The van der Waals surface area contributed by atoms with Crippen LogP contribution in [0.5, 0.6) is 11.5 Å². The van der Waals surface area contributed by atoms with E-state index in [0.29, 0.717) is 17.4 Å². The second-order valence-electron chi connectivity index (χ2n) is 3.35.